The van der Waals surface area contributed by atoms with Gasteiger partial charge in [-0.25, -0.2) is 0 Å². The number of alkyl halides is 3. The first-order valence-electron chi connectivity index (χ1n) is 5.72. The molecule has 0 fully saturated rings. The van der Waals surface area contributed by atoms with Crippen LogP contribution < -0.4 is 5.32 Å². The van der Waals surface area contributed by atoms with Crippen molar-refractivity contribution >= 4 is 23.2 Å². The van der Waals surface area contributed by atoms with Crippen LogP contribution in [0.2, 0.25) is 5.02 Å². The van der Waals surface area contributed by atoms with Gasteiger partial charge in [-0.3, -0.25) is 14.2 Å². The molecule has 0 unspecified atom stereocenters. The van der Waals surface area contributed by atoms with E-state index in [1.54, 1.807) is 14.0 Å². The second-order valence-electron chi connectivity index (χ2n) is 4.35. The van der Waals surface area contributed by atoms with Gasteiger partial charge in [-0.15, -0.1) is 0 Å². The van der Waals surface area contributed by atoms with E-state index < -0.39 is 22.8 Å². The highest BCUT2D eigenvalue weighted by atomic mass is 35.5. The summed E-state index contributed by atoms with van der Waals surface area (Å²) in [5.41, 5.74) is -0.627. The summed E-state index contributed by atoms with van der Waals surface area (Å²) in [6.45, 7) is 1.70. The number of hydrogen-bond donors (Lipinski definition) is 1. The number of carbonyl (C=O) groups excluding carboxylic acids is 1. The lowest BCUT2D eigenvalue weighted by Crippen LogP contribution is -2.17. The minimum absolute atomic E-state index is 0.368. The van der Waals surface area contributed by atoms with Crippen LogP contribution in [0.25, 0.3) is 0 Å². The molecule has 0 aromatic carbocycles. The van der Waals surface area contributed by atoms with Gasteiger partial charge in [0.1, 0.15) is 10.7 Å². The lowest BCUT2D eigenvalue weighted by atomic mass is 10.3. The number of nitrogens with zero attached hydrogens (tertiary/aromatic N) is 4. The first-order valence-corrected chi connectivity index (χ1v) is 6.10. The van der Waals surface area contributed by atoms with Crippen molar-refractivity contribution < 1.29 is 18.0 Å². The fourth-order valence-electron chi connectivity index (χ4n) is 1.73. The van der Waals surface area contributed by atoms with Gasteiger partial charge in [-0.1, -0.05) is 11.6 Å². The molecule has 0 aliphatic heterocycles. The average molecular weight is 322 g/mol. The standard InChI is InChI=1S/C11H11ClF3N5O/c1-5-6(4-16-19(5)2)17-10(21)8-7(12)9(11(13,14)15)18-20(8)3/h4H,1-3H3,(H,17,21). The summed E-state index contributed by atoms with van der Waals surface area (Å²) in [6.07, 6.45) is -3.33. The number of carbonyl (C=O) groups is 1. The van der Waals surface area contributed by atoms with E-state index in [1.807, 2.05) is 0 Å². The Balaban J connectivity index is 2.36. The lowest BCUT2D eigenvalue weighted by molar-refractivity contribution is -0.141. The normalized spacial score (nSPS) is 11.8. The van der Waals surface area contributed by atoms with Gasteiger partial charge in [0.25, 0.3) is 5.91 Å². The Bertz CT molecular complexity index is 704. The van der Waals surface area contributed by atoms with Crippen molar-refractivity contribution in [3.05, 3.63) is 28.3 Å². The Morgan fingerprint density at radius 3 is 2.38 bits per heavy atom. The zero-order chi connectivity index (χ0) is 15.9. The maximum absolute atomic E-state index is 12.7. The summed E-state index contributed by atoms with van der Waals surface area (Å²) in [5, 5.41) is 8.90. The van der Waals surface area contributed by atoms with Crippen LogP contribution >= 0.6 is 11.6 Å². The number of aryl methyl sites for hydroxylation is 2. The van der Waals surface area contributed by atoms with E-state index in [0.717, 1.165) is 4.68 Å². The molecular weight excluding hydrogens is 311 g/mol. The summed E-state index contributed by atoms with van der Waals surface area (Å²) >= 11 is 5.64. The van der Waals surface area contributed by atoms with Crippen molar-refractivity contribution in [3.8, 4) is 0 Å². The minimum atomic E-state index is -4.72. The molecule has 2 rings (SSSR count). The van der Waals surface area contributed by atoms with Gasteiger partial charge in [0.05, 0.1) is 17.6 Å². The highest BCUT2D eigenvalue weighted by molar-refractivity contribution is 6.34. The Kier molecular flexibility index (Phi) is 3.70. The molecule has 0 bridgehead atoms. The molecule has 0 saturated heterocycles. The first kappa shape index (κ1) is 15.4. The van der Waals surface area contributed by atoms with E-state index in [4.69, 9.17) is 11.6 Å². The maximum Gasteiger partial charge on any atom is 0.436 e. The molecule has 10 heteroatoms. The van der Waals surface area contributed by atoms with Crippen LogP contribution in [-0.4, -0.2) is 25.5 Å². The number of nitrogens with one attached hydrogen (secondary N) is 1. The van der Waals surface area contributed by atoms with Crippen molar-refractivity contribution in [2.75, 3.05) is 5.32 Å². The fraction of sp³-hybridized carbons (Fsp3) is 0.364. The van der Waals surface area contributed by atoms with Crippen molar-refractivity contribution in [3.63, 3.8) is 0 Å². The summed E-state index contributed by atoms with van der Waals surface area (Å²) in [6, 6.07) is 0. The molecular formula is C11H11ClF3N5O. The number of amides is 1. The third-order valence-electron chi connectivity index (χ3n) is 2.96. The lowest BCUT2D eigenvalue weighted by Gasteiger charge is -2.05. The van der Waals surface area contributed by atoms with E-state index in [2.05, 4.69) is 15.5 Å². The fourth-order valence-corrected chi connectivity index (χ4v) is 2.08. The molecule has 2 aromatic rings. The molecule has 0 radical (unpaired) electrons. The monoisotopic (exact) mass is 321 g/mol. The zero-order valence-electron chi connectivity index (χ0n) is 11.3. The molecule has 2 aromatic heterocycles. The quantitative estimate of drug-likeness (QED) is 0.923. The highest BCUT2D eigenvalue weighted by Crippen LogP contribution is 2.35. The maximum atomic E-state index is 12.7. The van der Waals surface area contributed by atoms with Crippen LogP contribution in [-0.2, 0) is 20.3 Å². The molecule has 0 aliphatic rings. The Labute approximate surface area is 122 Å². The molecule has 0 saturated carbocycles. The molecule has 6 nitrogen and oxygen atoms in total. The summed E-state index contributed by atoms with van der Waals surface area (Å²) in [4.78, 5) is 12.1. The van der Waals surface area contributed by atoms with Crippen LogP contribution in [0.1, 0.15) is 21.9 Å². The number of aromatic nitrogens is 4. The molecule has 1 N–H and O–H groups in total. The van der Waals surface area contributed by atoms with Gasteiger partial charge in [0.2, 0.25) is 0 Å². The van der Waals surface area contributed by atoms with Crippen molar-refractivity contribution in [2.45, 2.75) is 13.1 Å². The van der Waals surface area contributed by atoms with Gasteiger partial charge in [0, 0.05) is 14.1 Å². The van der Waals surface area contributed by atoms with Crippen LogP contribution in [0.5, 0.6) is 0 Å². The Morgan fingerprint density at radius 1 is 1.33 bits per heavy atom. The average Bonchev–Trinajstić information content (AvgIpc) is 2.83. The van der Waals surface area contributed by atoms with E-state index in [0.29, 0.717) is 11.4 Å². The molecule has 0 spiro atoms. The second kappa shape index (κ2) is 5.06. The van der Waals surface area contributed by atoms with Crippen LogP contribution in [0.3, 0.4) is 0 Å². The largest absolute Gasteiger partial charge is 0.436 e. The van der Waals surface area contributed by atoms with Gasteiger partial charge in [-0.05, 0) is 6.92 Å². The topological polar surface area (TPSA) is 64.7 Å². The number of hydrogen-bond acceptors (Lipinski definition) is 3. The molecule has 114 valence electrons. The summed E-state index contributed by atoms with van der Waals surface area (Å²) < 4.78 is 40.4. The molecule has 2 heterocycles. The SMILES string of the molecule is Cc1c(NC(=O)c2c(Cl)c(C(F)(F)F)nn2C)cnn1C. The van der Waals surface area contributed by atoms with Gasteiger partial charge >= 0.3 is 6.18 Å². The summed E-state index contributed by atoms with van der Waals surface area (Å²) in [5.74, 6) is -0.790. The van der Waals surface area contributed by atoms with E-state index in [9.17, 15) is 18.0 Å². The first-order chi connectivity index (χ1) is 9.62. The molecule has 0 aliphatic carbocycles. The third-order valence-corrected chi connectivity index (χ3v) is 3.31. The molecule has 0 atom stereocenters. The van der Waals surface area contributed by atoms with Crippen LogP contribution in [0.4, 0.5) is 18.9 Å². The second-order valence-corrected chi connectivity index (χ2v) is 4.73. The van der Waals surface area contributed by atoms with E-state index in [-0.39, 0.29) is 5.69 Å². The van der Waals surface area contributed by atoms with Crippen LogP contribution in [0, 0.1) is 6.92 Å². The van der Waals surface area contributed by atoms with E-state index in [1.165, 1.54) is 17.9 Å². The van der Waals surface area contributed by atoms with Gasteiger partial charge in [0.15, 0.2) is 5.69 Å². The Hall–Kier alpha value is -2.03. The van der Waals surface area contributed by atoms with Crippen molar-refractivity contribution in [1.29, 1.82) is 0 Å². The summed E-state index contributed by atoms with van der Waals surface area (Å²) in [7, 11) is 2.88. The predicted octanol–water partition coefficient (Wildman–Crippen LogP) is 2.39. The Morgan fingerprint density at radius 2 is 1.95 bits per heavy atom. The smallest absolute Gasteiger partial charge is 0.318 e. The third kappa shape index (κ3) is 2.73. The van der Waals surface area contributed by atoms with Crippen molar-refractivity contribution in [1.82, 2.24) is 19.6 Å². The van der Waals surface area contributed by atoms with Crippen molar-refractivity contribution in [2.24, 2.45) is 14.1 Å². The molecule has 1 amide bonds. The number of rotatable bonds is 2. The highest BCUT2D eigenvalue weighted by Gasteiger charge is 2.39. The zero-order valence-corrected chi connectivity index (χ0v) is 12.0. The molecule has 21 heavy (non-hydrogen) atoms. The van der Waals surface area contributed by atoms with E-state index >= 15 is 0 Å². The van der Waals surface area contributed by atoms with Gasteiger partial charge < -0.3 is 5.32 Å². The van der Waals surface area contributed by atoms with Crippen LogP contribution in [0.15, 0.2) is 6.20 Å². The number of anilines is 1. The van der Waals surface area contributed by atoms with Gasteiger partial charge in [-0.2, -0.15) is 23.4 Å². The predicted molar refractivity (Wildman–Crippen MR) is 69.1 cm³/mol. The number of halogens is 4. The minimum Gasteiger partial charge on any atom is -0.318 e.